The molecule has 3 heteroatoms. The fourth-order valence-corrected chi connectivity index (χ4v) is 0.583. The lowest BCUT2D eigenvalue weighted by Crippen LogP contribution is -2.50. The van der Waals surface area contributed by atoms with E-state index < -0.39 is 0 Å². The lowest BCUT2D eigenvalue weighted by atomic mass is 10.4. The maximum Gasteiger partial charge on any atom is 0.104 e. The molecule has 0 aromatic carbocycles. The van der Waals surface area contributed by atoms with E-state index in [9.17, 15) is 0 Å². The Balaban J connectivity index is 1.71. The summed E-state index contributed by atoms with van der Waals surface area (Å²) in [6, 6.07) is 0. The average Bonchev–Trinajstić information content (AvgIpc) is 2.63. The van der Waals surface area contributed by atoms with Crippen molar-refractivity contribution in [2.45, 2.75) is 12.5 Å². The molecule has 1 atom stereocenters. The van der Waals surface area contributed by atoms with Gasteiger partial charge in [0, 0.05) is 6.42 Å². The SMILES string of the molecule is [NH3+]CCCOCC1CO1. The van der Waals surface area contributed by atoms with Crippen LogP contribution >= 0.6 is 0 Å². The third kappa shape index (κ3) is 3.46. The summed E-state index contributed by atoms with van der Waals surface area (Å²) in [4.78, 5) is 0. The zero-order chi connectivity index (χ0) is 6.53. The second-order valence-electron chi connectivity index (χ2n) is 2.24. The molecule has 3 N–H and O–H groups in total. The zero-order valence-electron chi connectivity index (χ0n) is 5.64. The Bertz CT molecular complexity index is 73.5. The van der Waals surface area contributed by atoms with Gasteiger partial charge in [0.25, 0.3) is 0 Å². The Morgan fingerprint density at radius 3 is 3.00 bits per heavy atom. The molecule has 0 bridgehead atoms. The van der Waals surface area contributed by atoms with Crippen LogP contribution in [0.1, 0.15) is 6.42 Å². The van der Waals surface area contributed by atoms with Crippen LogP contribution in [0.4, 0.5) is 0 Å². The van der Waals surface area contributed by atoms with Crippen LogP contribution in [0.15, 0.2) is 0 Å². The first-order chi connectivity index (χ1) is 4.43. The molecule has 1 aliphatic heterocycles. The largest absolute Gasteiger partial charge is 0.378 e. The van der Waals surface area contributed by atoms with Gasteiger partial charge in [0.1, 0.15) is 6.10 Å². The zero-order valence-corrected chi connectivity index (χ0v) is 5.64. The van der Waals surface area contributed by atoms with Gasteiger partial charge in [-0.3, -0.25) is 0 Å². The first-order valence-electron chi connectivity index (χ1n) is 3.42. The summed E-state index contributed by atoms with van der Waals surface area (Å²) in [5.74, 6) is 0. The van der Waals surface area contributed by atoms with E-state index in [1.54, 1.807) is 0 Å². The Hall–Kier alpha value is -0.120. The molecule has 1 aliphatic rings. The number of ether oxygens (including phenoxy) is 2. The third-order valence-electron chi connectivity index (χ3n) is 1.24. The van der Waals surface area contributed by atoms with Gasteiger partial charge in [0.05, 0.1) is 26.4 Å². The minimum atomic E-state index is 0.412. The van der Waals surface area contributed by atoms with Gasteiger partial charge >= 0.3 is 0 Å². The van der Waals surface area contributed by atoms with Crippen LogP contribution < -0.4 is 5.73 Å². The summed E-state index contributed by atoms with van der Waals surface area (Å²) < 4.78 is 10.2. The Morgan fingerprint density at radius 2 is 2.44 bits per heavy atom. The molecular formula is C6H14NO2+. The van der Waals surface area contributed by atoms with Crippen molar-refractivity contribution in [3.63, 3.8) is 0 Å². The van der Waals surface area contributed by atoms with Crippen molar-refractivity contribution in [3.8, 4) is 0 Å². The maximum atomic E-state index is 5.23. The van der Waals surface area contributed by atoms with E-state index in [-0.39, 0.29) is 0 Å². The van der Waals surface area contributed by atoms with Crippen molar-refractivity contribution in [2.24, 2.45) is 0 Å². The van der Waals surface area contributed by atoms with Crippen molar-refractivity contribution >= 4 is 0 Å². The van der Waals surface area contributed by atoms with E-state index >= 15 is 0 Å². The highest BCUT2D eigenvalue weighted by molar-refractivity contribution is 4.66. The van der Waals surface area contributed by atoms with Gasteiger partial charge in [0.2, 0.25) is 0 Å². The predicted molar refractivity (Wildman–Crippen MR) is 32.9 cm³/mol. The molecule has 0 amide bonds. The van der Waals surface area contributed by atoms with Crippen LogP contribution in [-0.4, -0.2) is 32.5 Å². The summed E-state index contributed by atoms with van der Waals surface area (Å²) >= 11 is 0. The first-order valence-corrected chi connectivity index (χ1v) is 3.42. The second kappa shape index (κ2) is 3.82. The number of epoxide rings is 1. The highest BCUT2D eigenvalue weighted by Crippen LogP contribution is 2.08. The normalized spacial score (nSPS) is 24.3. The molecule has 0 radical (unpaired) electrons. The highest BCUT2D eigenvalue weighted by Gasteiger charge is 2.21. The molecule has 1 heterocycles. The van der Waals surface area contributed by atoms with E-state index in [0.717, 1.165) is 32.8 Å². The summed E-state index contributed by atoms with van der Waals surface area (Å²) in [6.07, 6.45) is 1.47. The molecule has 1 rings (SSSR count). The van der Waals surface area contributed by atoms with Crippen molar-refractivity contribution in [1.82, 2.24) is 0 Å². The van der Waals surface area contributed by atoms with Crippen LogP contribution in [0.2, 0.25) is 0 Å². The summed E-state index contributed by atoms with van der Waals surface area (Å²) in [5, 5.41) is 0. The molecule has 54 valence electrons. The molecule has 0 aliphatic carbocycles. The quantitative estimate of drug-likeness (QED) is 0.386. The fraction of sp³-hybridized carbons (Fsp3) is 1.00. The standard InChI is InChI=1S/C6H13NO2/c7-2-1-3-8-4-6-5-9-6/h6H,1-5,7H2/p+1. The highest BCUT2D eigenvalue weighted by atomic mass is 16.6. The molecule has 3 nitrogen and oxygen atoms in total. The molecule has 9 heavy (non-hydrogen) atoms. The van der Waals surface area contributed by atoms with Gasteiger partial charge in [0.15, 0.2) is 0 Å². The summed E-state index contributed by atoms with van der Waals surface area (Å²) in [6.45, 7) is 3.47. The Kier molecular flexibility index (Phi) is 2.97. The minimum absolute atomic E-state index is 0.412. The van der Waals surface area contributed by atoms with Crippen molar-refractivity contribution in [2.75, 3.05) is 26.4 Å². The van der Waals surface area contributed by atoms with Crippen LogP contribution in [0, 0.1) is 0 Å². The van der Waals surface area contributed by atoms with Crippen LogP contribution in [-0.2, 0) is 9.47 Å². The van der Waals surface area contributed by atoms with E-state index in [0.29, 0.717) is 6.10 Å². The monoisotopic (exact) mass is 132 g/mol. The third-order valence-corrected chi connectivity index (χ3v) is 1.24. The summed E-state index contributed by atoms with van der Waals surface area (Å²) in [5.41, 5.74) is 3.71. The maximum absolute atomic E-state index is 5.23. The van der Waals surface area contributed by atoms with Gasteiger partial charge in [-0.05, 0) is 0 Å². The van der Waals surface area contributed by atoms with E-state index in [4.69, 9.17) is 9.47 Å². The van der Waals surface area contributed by atoms with E-state index in [1.165, 1.54) is 0 Å². The van der Waals surface area contributed by atoms with Crippen molar-refractivity contribution < 1.29 is 15.2 Å². The summed E-state index contributed by atoms with van der Waals surface area (Å²) in [7, 11) is 0. The topological polar surface area (TPSA) is 49.4 Å². The molecule has 0 spiro atoms. The smallest absolute Gasteiger partial charge is 0.104 e. The van der Waals surface area contributed by atoms with E-state index in [2.05, 4.69) is 5.73 Å². The molecule has 1 fully saturated rings. The Morgan fingerprint density at radius 1 is 1.67 bits per heavy atom. The molecule has 0 saturated carbocycles. The predicted octanol–water partition coefficient (Wildman–Crippen LogP) is -0.966. The van der Waals surface area contributed by atoms with Crippen LogP contribution in [0.25, 0.3) is 0 Å². The van der Waals surface area contributed by atoms with Gasteiger partial charge in [-0.1, -0.05) is 0 Å². The molecular weight excluding hydrogens is 118 g/mol. The van der Waals surface area contributed by atoms with Crippen molar-refractivity contribution in [1.29, 1.82) is 0 Å². The van der Waals surface area contributed by atoms with Crippen LogP contribution in [0.5, 0.6) is 0 Å². The van der Waals surface area contributed by atoms with Gasteiger partial charge in [-0.15, -0.1) is 0 Å². The lowest BCUT2D eigenvalue weighted by Gasteiger charge is -1.96. The van der Waals surface area contributed by atoms with Gasteiger partial charge < -0.3 is 15.2 Å². The van der Waals surface area contributed by atoms with Crippen LogP contribution in [0.3, 0.4) is 0 Å². The molecule has 0 aromatic heterocycles. The number of hydrogen-bond donors (Lipinski definition) is 1. The second-order valence-corrected chi connectivity index (χ2v) is 2.24. The fourth-order valence-electron chi connectivity index (χ4n) is 0.583. The minimum Gasteiger partial charge on any atom is -0.378 e. The van der Waals surface area contributed by atoms with Gasteiger partial charge in [-0.2, -0.15) is 0 Å². The molecule has 0 aromatic rings. The molecule has 1 saturated heterocycles. The van der Waals surface area contributed by atoms with Crippen molar-refractivity contribution in [3.05, 3.63) is 0 Å². The Labute approximate surface area is 55.1 Å². The average molecular weight is 132 g/mol. The number of rotatable bonds is 5. The number of hydrogen-bond acceptors (Lipinski definition) is 2. The first kappa shape index (κ1) is 6.99. The number of quaternary nitrogens is 1. The lowest BCUT2D eigenvalue weighted by molar-refractivity contribution is -0.369. The van der Waals surface area contributed by atoms with E-state index in [1.807, 2.05) is 0 Å². The van der Waals surface area contributed by atoms with Gasteiger partial charge in [-0.25, -0.2) is 0 Å². The molecule has 1 unspecified atom stereocenters.